The molecule has 2 aromatic carbocycles. The second kappa shape index (κ2) is 9.74. The van der Waals surface area contributed by atoms with Crippen molar-refractivity contribution < 1.29 is 14.3 Å². The summed E-state index contributed by atoms with van der Waals surface area (Å²) in [4.78, 5) is 16.7. The molecule has 1 atom stereocenters. The Kier molecular flexibility index (Phi) is 7.10. The molecule has 1 N–H and O–H groups in total. The van der Waals surface area contributed by atoms with Gasteiger partial charge in [-0.3, -0.25) is 14.6 Å². The Morgan fingerprint density at radius 1 is 1.00 bits per heavy atom. The minimum absolute atomic E-state index is 0.0380. The van der Waals surface area contributed by atoms with E-state index in [-0.39, 0.29) is 17.7 Å². The van der Waals surface area contributed by atoms with Gasteiger partial charge in [-0.15, -0.1) is 0 Å². The zero-order chi connectivity index (χ0) is 19.1. The third-order valence-electron chi connectivity index (χ3n) is 4.96. The summed E-state index contributed by atoms with van der Waals surface area (Å²) >= 11 is 0. The first kappa shape index (κ1) is 19.7. The Morgan fingerprint density at radius 3 is 2.41 bits per heavy atom. The number of carbonyl (C=O) groups is 1. The van der Waals surface area contributed by atoms with Crippen LogP contribution in [0, 0.1) is 5.82 Å². The van der Waals surface area contributed by atoms with Gasteiger partial charge in [0.25, 0.3) is 0 Å². The van der Waals surface area contributed by atoms with E-state index < -0.39 is 0 Å². The van der Waals surface area contributed by atoms with E-state index in [2.05, 4.69) is 21.9 Å². The summed E-state index contributed by atoms with van der Waals surface area (Å²) in [5, 5.41) is 10.3. The fraction of sp³-hybridized carbons (Fsp3) is 0.409. The van der Waals surface area contributed by atoms with Crippen molar-refractivity contribution in [2.75, 3.05) is 32.7 Å². The highest BCUT2D eigenvalue weighted by Gasteiger charge is 2.21. The van der Waals surface area contributed by atoms with Crippen LogP contribution in [0.1, 0.15) is 28.8 Å². The maximum absolute atomic E-state index is 12.9. The van der Waals surface area contributed by atoms with Gasteiger partial charge in [-0.25, -0.2) is 4.39 Å². The lowest BCUT2D eigenvalue weighted by Crippen LogP contribution is -2.34. The van der Waals surface area contributed by atoms with Crippen LogP contribution in [0.2, 0.25) is 0 Å². The molecule has 0 saturated carbocycles. The van der Waals surface area contributed by atoms with Crippen LogP contribution in [0.15, 0.2) is 54.6 Å². The summed E-state index contributed by atoms with van der Waals surface area (Å²) in [7, 11) is 0. The standard InChI is InChI=1S/C22H27FN2O2/c23-20-10-8-19(9-11-20)22(27)7-4-12-24-13-14-25(17-21(26)16-24)15-18-5-2-1-3-6-18/h1-3,5-6,8-11,21,26H,4,7,12-17H2. The van der Waals surface area contributed by atoms with Crippen molar-refractivity contribution in [1.29, 1.82) is 0 Å². The van der Waals surface area contributed by atoms with Crippen LogP contribution in [0.25, 0.3) is 0 Å². The van der Waals surface area contributed by atoms with Crippen LogP contribution in [-0.2, 0) is 6.54 Å². The van der Waals surface area contributed by atoms with Gasteiger partial charge in [0.15, 0.2) is 5.78 Å². The quantitative estimate of drug-likeness (QED) is 0.761. The molecule has 144 valence electrons. The highest BCUT2D eigenvalue weighted by Crippen LogP contribution is 2.12. The van der Waals surface area contributed by atoms with Crippen molar-refractivity contribution in [2.24, 2.45) is 0 Å². The van der Waals surface area contributed by atoms with Crippen molar-refractivity contribution in [1.82, 2.24) is 9.80 Å². The summed E-state index contributed by atoms with van der Waals surface area (Å²) in [6, 6.07) is 16.0. The molecule has 0 aromatic heterocycles. The molecule has 1 saturated heterocycles. The van der Waals surface area contributed by atoms with Crippen molar-refractivity contribution in [3.63, 3.8) is 0 Å². The van der Waals surface area contributed by atoms with Gasteiger partial charge < -0.3 is 5.11 Å². The van der Waals surface area contributed by atoms with Gasteiger partial charge in [0.2, 0.25) is 0 Å². The average Bonchev–Trinajstić information content (AvgIpc) is 2.84. The van der Waals surface area contributed by atoms with E-state index in [0.717, 1.165) is 32.6 Å². The van der Waals surface area contributed by atoms with Gasteiger partial charge in [0.1, 0.15) is 5.82 Å². The van der Waals surface area contributed by atoms with Crippen LogP contribution in [0.4, 0.5) is 4.39 Å². The molecular formula is C22H27FN2O2. The van der Waals surface area contributed by atoms with Crippen molar-refractivity contribution in [3.05, 3.63) is 71.5 Å². The predicted octanol–water partition coefficient (Wildman–Crippen LogP) is 2.97. The zero-order valence-corrected chi connectivity index (χ0v) is 15.6. The van der Waals surface area contributed by atoms with E-state index in [1.54, 1.807) is 0 Å². The van der Waals surface area contributed by atoms with Crippen LogP contribution in [0.3, 0.4) is 0 Å². The molecule has 0 spiro atoms. The molecule has 3 rings (SSSR count). The first-order valence-electron chi connectivity index (χ1n) is 9.55. The molecule has 1 unspecified atom stereocenters. The first-order valence-corrected chi connectivity index (χ1v) is 9.55. The molecule has 2 aromatic rings. The second-order valence-corrected chi connectivity index (χ2v) is 7.21. The minimum atomic E-state index is -0.385. The Bertz CT molecular complexity index is 721. The number of carbonyl (C=O) groups excluding carboxylic acids is 1. The third kappa shape index (κ3) is 6.24. The summed E-state index contributed by atoms with van der Waals surface area (Å²) in [6.45, 7) is 4.71. The lowest BCUT2D eigenvalue weighted by atomic mass is 10.1. The SMILES string of the molecule is O=C(CCCN1CCN(Cc2ccccc2)CC(O)C1)c1ccc(F)cc1. The van der Waals surface area contributed by atoms with Crippen LogP contribution >= 0.6 is 0 Å². The number of nitrogens with zero attached hydrogens (tertiary/aromatic N) is 2. The monoisotopic (exact) mass is 370 g/mol. The van der Waals surface area contributed by atoms with Crippen LogP contribution in [0.5, 0.6) is 0 Å². The lowest BCUT2D eigenvalue weighted by molar-refractivity contribution is 0.0961. The molecule has 4 nitrogen and oxygen atoms in total. The number of benzene rings is 2. The largest absolute Gasteiger partial charge is 0.390 e. The number of aliphatic hydroxyl groups is 1. The number of halogens is 1. The fourth-order valence-electron chi connectivity index (χ4n) is 3.55. The van der Waals surface area contributed by atoms with Gasteiger partial charge in [0, 0.05) is 44.7 Å². The van der Waals surface area contributed by atoms with Crippen molar-refractivity contribution in [3.8, 4) is 0 Å². The summed E-state index contributed by atoms with van der Waals surface area (Å²) in [5.41, 5.74) is 1.81. The molecule has 1 fully saturated rings. The molecule has 0 amide bonds. The van der Waals surface area contributed by atoms with Gasteiger partial charge in [-0.2, -0.15) is 0 Å². The van der Waals surface area contributed by atoms with E-state index in [9.17, 15) is 14.3 Å². The predicted molar refractivity (Wildman–Crippen MR) is 104 cm³/mol. The van der Waals surface area contributed by atoms with E-state index in [1.807, 2.05) is 18.2 Å². The molecule has 0 aliphatic carbocycles. The van der Waals surface area contributed by atoms with E-state index in [4.69, 9.17) is 0 Å². The number of Topliss-reactive ketones (excluding diaryl/α,β-unsaturated/α-hetero) is 1. The highest BCUT2D eigenvalue weighted by molar-refractivity contribution is 5.95. The zero-order valence-electron chi connectivity index (χ0n) is 15.6. The molecule has 0 radical (unpaired) electrons. The fourth-order valence-corrected chi connectivity index (χ4v) is 3.55. The lowest BCUT2D eigenvalue weighted by Gasteiger charge is -2.21. The summed E-state index contributed by atoms with van der Waals surface area (Å²) < 4.78 is 12.9. The Labute approximate surface area is 160 Å². The average molecular weight is 370 g/mol. The third-order valence-corrected chi connectivity index (χ3v) is 4.96. The Balaban J connectivity index is 1.44. The van der Waals surface area contributed by atoms with Crippen molar-refractivity contribution in [2.45, 2.75) is 25.5 Å². The number of hydrogen-bond acceptors (Lipinski definition) is 4. The normalized spacial score (nSPS) is 19.0. The van der Waals surface area contributed by atoms with Gasteiger partial charge in [-0.1, -0.05) is 30.3 Å². The van der Waals surface area contributed by atoms with Gasteiger partial charge >= 0.3 is 0 Å². The van der Waals surface area contributed by atoms with Crippen molar-refractivity contribution >= 4 is 5.78 Å². The Hall–Kier alpha value is -2.08. The number of aliphatic hydroxyl groups excluding tert-OH is 1. The summed E-state index contributed by atoms with van der Waals surface area (Å²) in [5.74, 6) is -0.291. The van der Waals surface area contributed by atoms with Gasteiger partial charge in [0.05, 0.1) is 6.10 Å². The number of β-amino-alcohol motifs (C(OH)–C–C–N with tert-alkyl or cyclic N) is 1. The van der Waals surface area contributed by atoms with E-state index in [1.165, 1.54) is 29.8 Å². The topological polar surface area (TPSA) is 43.8 Å². The number of rotatable bonds is 7. The summed E-state index contributed by atoms with van der Waals surface area (Å²) in [6.07, 6.45) is 0.789. The molecule has 1 aliphatic heterocycles. The molecule has 1 aliphatic rings. The molecule has 27 heavy (non-hydrogen) atoms. The molecular weight excluding hydrogens is 343 g/mol. The highest BCUT2D eigenvalue weighted by atomic mass is 19.1. The second-order valence-electron chi connectivity index (χ2n) is 7.21. The molecule has 0 bridgehead atoms. The molecule has 1 heterocycles. The van der Waals surface area contributed by atoms with Crippen LogP contribution < -0.4 is 0 Å². The molecule has 5 heteroatoms. The number of ketones is 1. The smallest absolute Gasteiger partial charge is 0.162 e. The van der Waals surface area contributed by atoms with Gasteiger partial charge in [-0.05, 0) is 42.8 Å². The first-order chi connectivity index (χ1) is 13.1. The van der Waals surface area contributed by atoms with Crippen LogP contribution in [-0.4, -0.2) is 59.5 Å². The maximum Gasteiger partial charge on any atom is 0.162 e. The van der Waals surface area contributed by atoms with E-state index >= 15 is 0 Å². The number of hydrogen-bond donors (Lipinski definition) is 1. The maximum atomic E-state index is 12.9. The van der Waals surface area contributed by atoms with E-state index in [0.29, 0.717) is 25.1 Å². The minimum Gasteiger partial charge on any atom is -0.390 e. The Morgan fingerprint density at radius 2 is 1.67 bits per heavy atom.